The molecule has 1 aliphatic heterocycles. The first kappa shape index (κ1) is 18.7. The van der Waals surface area contributed by atoms with Crippen molar-refractivity contribution in [2.45, 2.75) is 31.8 Å². The van der Waals surface area contributed by atoms with E-state index in [0.29, 0.717) is 26.2 Å². The van der Waals surface area contributed by atoms with Crippen molar-refractivity contribution in [2.75, 3.05) is 19.6 Å². The van der Waals surface area contributed by atoms with Crippen LogP contribution in [0.1, 0.15) is 17.5 Å². The lowest BCUT2D eigenvalue weighted by molar-refractivity contribution is -0.143. The molecule has 2 aromatic rings. The average molecular weight is 365 g/mol. The third-order valence-electron chi connectivity index (χ3n) is 4.35. The van der Waals surface area contributed by atoms with E-state index in [2.05, 4.69) is 10.3 Å². The number of hydrogen-bond acceptors (Lipinski definition) is 4. The van der Waals surface area contributed by atoms with Gasteiger partial charge in [0.05, 0.1) is 6.54 Å². The van der Waals surface area contributed by atoms with E-state index in [-0.39, 0.29) is 6.04 Å². The molecule has 0 bridgehead atoms. The van der Waals surface area contributed by atoms with Crippen LogP contribution >= 0.6 is 0 Å². The quantitative estimate of drug-likeness (QED) is 0.816. The minimum Gasteiger partial charge on any atom is -0.489 e. The van der Waals surface area contributed by atoms with Crippen molar-refractivity contribution in [3.63, 3.8) is 0 Å². The van der Waals surface area contributed by atoms with Gasteiger partial charge in [0.2, 0.25) is 0 Å². The lowest BCUT2D eigenvalue weighted by Gasteiger charge is -2.19. The fourth-order valence-electron chi connectivity index (χ4n) is 3.09. The Labute approximate surface area is 151 Å². The van der Waals surface area contributed by atoms with E-state index < -0.39 is 12.7 Å². The molecule has 0 spiro atoms. The fraction of sp³-hybridized carbons (Fsp3) is 0.421. The highest BCUT2D eigenvalue weighted by Crippen LogP contribution is 2.22. The largest absolute Gasteiger partial charge is 0.489 e. The lowest BCUT2D eigenvalue weighted by atomic mass is 10.1. The molecule has 1 saturated heterocycles. The molecule has 1 atom stereocenters. The number of para-hydroxylation sites is 1. The second-order valence-corrected chi connectivity index (χ2v) is 6.47. The van der Waals surface area contributed by atoms with Crippen molar-refractivity contribution in [3.8, 4) is 5.75 Å². The number of aromatic nitrogens is 1. The maximum atomic E-state index is 12.5. The predicted octanol–water partition coefficient (Wildman–Crippen LogP) is 3.39. The van der Waals surface area contributed by atoms with Gasteiger partial charge in [-0.25, -0.2) is 0 Å². The molecule has 1 N–H and O–H groups in total. The Kier molecular flexibility index (Phi) is 6.11. The second-order valence-electron chi connectivity index (χ2n) is 6.47. The maximum Gasteiger partial charge on any atom is 0.401 e. The van der Waals surface area contributed by atoms with Crippen LogP contribution in [0.3, 0.4) is 0 Å². The minimum absolute atomic E-state index is 0.0590. The SMILES string of the molecule is FC(F)(F)CN1CC[C@@H](NCc2ccccc2OCc2cccnc2)C1. The average Bonchev–Trinajstić information content (AvgIpc) is 3.05. The van der Waals surface area contributed by atoms with Crippen LogP contribution in [0.2, 0.25) is 0 Å². The molecular weight excluding hydrogens is 343 g/mol. The summed E-state index contributed by atoms with van der Waals surface area (Å²) in [5, 5.41) is 3.35. The van der Waals surface area contributed by atoms with Crippen molar-refractivity contribution < 1.29 is 17.9 Å². The molecule has 0 saturated carbocycles. The van der Waals surface area contributed by atoms with Crippen molar-refractivity contribution in [2.24, 2.45) is 0 Å². The van der Waals surface area contributed by atoms with Crippen LogP contribution in [-0.4, -0.2) is 41.7 Å². The first-order valence-corrected chi connectivity index (χ1v) is 8.62. The summed E-state index contributed by atoms with van der Waals surface area (Å²) in [7, 11) is 0. The highest BCUT2D eigenvalue weighted by molar-refractivity contribution is 5.33. The van der Waals surface area contributed by atoms with E-state index >= 15 is 0 Å². The highest BCUT2D eigenvalue weighted by atomic mass is 19.4. The monoisotopic (exact) mass is 365 g/mol. The first-order valence-electron chi connectivity index (χ1n) is 8.62. The van der Waals surface area contributed by atoms with Crippen molar-refractivity contribution in [1.82, 2.24) is 15.2 Å². The van der Waals surface area contributed by atoms with Gasteiger partial charge >= 0.3 is 6.18 Å². The zero-order valence-corrected chi connectivity index (χ0v) is 14.4. The highest BCUT2D eigenvalue weighted by Gasteiger charge is 2.34. The number of alkyl halides is 3. The number of ether oxygens (including phenoxy) is 1. The van der Waals surface area contributed by atoms with Crippen molar-refractivity contribution in [3.05, 3.63) is 59.9 Å². The number of likely N-dealkylation sites (tertiary alicyclic amines) is 1. The zero-order chi connectivity index (χ0) is 18.4. The third-order valence-corrected chi connectivity index (χ3v) is 4.35. The summed E-state index contributed by atoms with van der Waals surface area (Å²) in [5.41, 5.74) is 1.97. The summed E-state index contributed by atoms with van der Waals surface area (Å²) >= 11 is 0. The Hall–Kier alpha value is -2.12. The van der Waals surface area contributed by atoms with Gasteiger partial charge in [0, 0.05) is 49.2 Å². The molecule has 4 nitrogen and oxygen atoms in total. The van der Waals surface area contributed by atoms with Gasteiger partial charge in [-0.15, -0.1) is 0 Å². The molecule has 0 unspecified atom stereocenters. The Bertz CT molecular complexity index is 694. The van der Waals surface area contributed by atoms with Gasteiger partial charge in [-0.2, -0.15) is 13.2 Å². The number of halogens is 3. The normalized spacial score (nSPS) is 18.2. The fourth-order valence-corrected chi connectivity index (χ4v) is 3.09. The molecule has 1 aromatic heterocycles. The van der Waals surface area contributed by atoms with Crippen molar-refractivity contribution >= 4 is 0 Å². The second kappa shape index (κ2) is 8.51. The van der Waals surface area contributed by atoms with Gasteiger partial charge in [-0.1, -0.05) is 24.3 Å². The van der Waals surface area contributed by atoms with Gasteiger partial charge in [-0.3, -0.25) is 9.88 Å². The van der Waals surface area contributed by atoms with E-state index in [9.17, 15) is 13.2 Å². The number of benzene rings is 1. The minimum atomic E-state index is -4.14. The van der Waals surface area contributed by atoms with Crippen molar-refractivity contribution in [1.29, 1.82) is 0 Å². The molecule has 2 heterocycles. The Morgan fingerprint density at radius 1 is 1.19 bits per heavy atom. The summed E-state index contributed by atoms with van der Waals surface area (Å²) < 4.78 is 43.3. The molecule has 26 heavy (non-hydrogen) atoms. The molecule has 7 heteroatoms. The Balaban J connectivity index is 1.51. The molecule has 1 aliphatic rings. The molecule has 140 valence electrons. The summed E-state index contributed by atoms with van der Waals surface area (Å²) in [4.78, 5) is 5.51. The summed E-state index contributed by atoms with van der Waals surface area (Å²) in [6.07, 6.45) is 0.0517. The van der Waals surface area contributed by atoms with Crippen LogP contribution in [0.25, 0.3) is 0 Å². The van der Waals surface area contributed by atoms with Gasteiger partial charge < -0.3 is 10.1 Å². The van der Waals surface area contributed by atoms with E-state index in [1.54, 1.807) is 12.4 Å². The smallest absolute Gasteiger partial charge is 0.401 e. The number of hydrogen-bond donors (Lipinski definition) is 1. The van der Waals surface area contributed by atoms with Crippen LogP contribution in [0.5, 0.6) is 5.75 Å². The number of nitrogens with zero attached hydrogens (tertiary/aromatic N) is 2. The van der Waals surface area contributed by atoms with Gasteiger partial charge in [0.15, 0.2) is 0 Å². The van der Waals surface area contributed by atoms with Crippen LogP contribution < -0.4 is 10.1 Å². The van der Waals surface area contributed by atoms with E-state index in [1.807, 2.05) is 36.4 Å². The molecular formula is C19H22F3N3O. The Morgan fingerprint density at radius 3 is 2.81 bits per heavy atom. The first-order chi connectivity index (χ1) is 12.5. The van der Waals surface area contributed by atoms with Gasteiger partial charge in [-0.05, 0) is 18.6 Å². The van der Waals surface area contributed by atoms with E-state index in [1.165, 1.54) is 4.90 Å². The zero-order valence-electron chi connectivity index (χ0n) is 14.4. The molecule has 3 rings (SSSR count). The van der Waals surface area contributed by atoms with Crippen LogP contribution in [-0.2, 0) is 13.2 Å². The van der Waals surface area contributed by atoms with E-state index in [4.69, 9.17) is 4.74 Å². The van der Waals surface area contributed by atoms with Gasteiger partial charge in [0.25, 0.3) is 0 Å². The lowest BCUT2D eigenvalue weighted by Crippen LogP contribution is -2.36. The number of rotatable bonds is 7. The summed E-state index contributed by atoms with van der Waals surface area (Å²) in [5.74, 6) is 0.772. The number of nitrogens with one attached hydrogen (secondary N) is 1. The standard InChI is InChI=1S/C19H22F3N3O/c20-19(21,22)14-25-9-7-17(12-25)24-11-16-5-1-2-6-18(16)26-13-15-4-3-8-23-10-15/h1-6,8,10,17,24H,7,9,11-14H2/t17-/m1/s1. The summed E-state index contributed by atoms with van der Waals surface area (Å²) in [6, 6.07) is 11.6. The molecule has 0 radical (unpaired) electrons. The molecule has 0 aliphatic carbocycles. The molecule has 1 fully saturated rings. The predicted molar refractivity (Wildman–Crippen MR) is 92.8 cm³/mol. The molecule has 1 aromatic carbocycles. The van der Waals surface area contributed by atoms with Crippen LogP contribution in [0, 0.1) is 0 Å². The molecule has 0 amide bonds. The van der Waals surface area contributed by atoms with Gasteiger partial charge in [0.1, 0.15) is 12.4 Å². The van der Waals surface area contributed by atoms with E-state index in [0.717, 1.165) is 23.3 Å². The van der Waals surface area contributed by atoms with Crippen LogP contribution in [0.15, 0.2) is 48.8 Å². The Morgan fingerprint density at radius 2 is 2.04 bits per heavy atom. The third kappa shape index (κ3) is 5.71. The number of pyridine rings is 1. The topological polar surface area (TPSA) is 37.4 Å². The maximum absolute atomic E-state index is 12.5. The summed E-state index contributed by atoms with van der Waals surface area (Å²) in [6.45, 7) is 1.03. The van der Waals surface area contributed by atoms with Crippen LogP contribution in [0.4, 0.5) is 13.2 Å².